The van der Waals surface area contributed by atoms with Gasteiger partial charge in [0.05, 0.1) is 19.1 Å². The largest absolute Gasteiger partial charge is 0.469 e. The molecule has 0 radical (unpaired) electrons. The zero-order chi connectivity index (χ0) is 16.2. The number of nitrogens with zero attached hydrogens (tertiary/aromatic N) is 3. The van der Waals surface area contributed by atoms with Crippen LogP contribution in [-0.2, 0) is 9.53 Å². The van der Waals surface area contributed by atoms with Gasteiger partial charge in [0, 0.05) is 5.56 Å². The molecule has 6 nitrogen and oxygen atoms in total. The number of esters is 1. The molecule has 0 N–H and O–H groups in total. The third-order valence-corrected chi connectivity index (χ3v) is 4.44. The summed E-state index contributed by atoms with van der Waals surface area (Å²) in [5.41, 5.74) is 0.944. The second-order valence-electron chi connectivity index (χ2n) is 5.83. The molecule has 1 aliphatic rings. The molecule has 1 atom stereocenters. The van der Waals surface area contributed by atoms with E-state index in [1.807, 2.05) is 30.3 Å². The summed E-state index contributed by atoms with van der Waals surface area (Å²) in [6.07, 6.45) is 1.60. The molecule has 122 valence electrons. The molecule has 0 spiro atoms. The smallest absolute Gasteiger partial charge is 0.308 e. The summed E-state index contributed by atoms with van der Waals surface area (Å²) < 4.78 is 10.3. The topological polar surface area (TPSA) is 68.5 Å². The lowest BCUT2D eigenvalue weighted by Crippen LogP contribution is -2.38. The van der Waals surface area contributed by atoms with Gasteiger partial charge < -0.3 is 9.26 Å². The number of piperidine rings is 1. The van der Waals surface area contributed by atoms with Crippen LogP contribution >= 0.6 is 0 Å². The Morgan fingerprint density at radius 3 is 2.65 bits per heavy atom. The molecule has 23 heavy (non-hydrogen) atoms. The van der Waals surface area contributed by atoms with Gasteiger partial charge in [-0.3, -0.25) is 9.69 Å². The first-order valence-corrected chi connectivity index (χ1v) is 7.90. The van der Waals surface area contributed by atoms with E-state index in [9.17, 15) is 4.79 Å². The van der Waals surface area contributed by atoms with Crippen molar-refractivity contribution in [3.8, 4) is 11.4 Å². The van der Waals surface area contributed by atoms with Crippen LogP contribution in [0.2, 0.25) is 0 Å². The predicted octanol–water partition coefficient (Wildman–Crippen LogP) is 2.68. The predicted molar refractivity (Wildman–Crippen MR) is 84.5 cm³/mol. The minimum Gasteiger partial charge on any atom is -0.469 e. The SMILES string of the molecule is COC(=O)C1CCN(C(C)c2nc(-c3ccccc3)no2)CC1. The van der Waals surface area contributed by atoms with E-state index in [4.69, 9.17) is 9.26 Å². The first-order valence-electron chi connectivity index (χ1n) is 7.90. The van der Waals surface area contributed by atoms with E-state index in [2.05, 4.69) is 22.0 Å². The Balaban J connectivity index is 1.64. The molecular formula is C17H21N3O3. The average Bonchev–Trinajstić information content (AvgIpc) is 3.11. The van der Waals surface area contributed by atoms with Crippen molar-refractivity contribution in [3.63, 3.8) is 0 Å². The van der Waals surface area contributed by atoms with E-state index in [0.29, 0.717) is 11.7 Å². The fourth-order valence-corrected chi connectivity index (χ4v) is 2.95. The highest BCUT2D eigenvalue weighted by molar-refractivity contribution is 5.72. The maximum Gasteiger partial charge on any atom is 0.308 e. The van der Waals surface area contributed by atoms with Crippen LogP contribution in [0, 0.1) is 5.92 Å². The third-order valence-electron chi connectivity index (χ3n) is 4.44. The minimum absolute atomic E-state index is 0.00557. The lowest BCUT2D eigenvalue weighted by Gasteiger charge is -2.33. The highest BCUT2D eigenvalue weighted by atomic mass is 16.5. The van der Waals surface area contributed by atoms with Gasteiger partial charge in [-0.2, -0.15) is 4.98 Å². The molecule has 1 aromatic carbocycles. The van der Waals surface area contributed by atoms with Crippen LogP contribution in [-0.4, -0.2) is 41.2 Å². The Labute approximate surface area is 135 Å². The molecule has 6 heteroatoms. The highest BCUT2D eigenvalue weighted by Gasteiger charge is 2.30. The molecule has 1 fully saturated rings. The van der Waals surface area contributed by atoms with Crippen molar-refractivity contribution in [2.45, 2.75) is 25.8 Å². The molecule has 2 aromatic rings. The molecule has 1 aliphatic heterocycles. The number of ether oxygens (including phenoxy) is 1. The minimum atomic E-state index is -0.110. The number of rotatable bonds is 4. The van der Waals surface area contributed by atoms with Crippen molar-refractivity contribution in [3.05, 3.63) is 36.2 Å². The first-order chi connectivity index (χ1) is 11.2. The number of benzene rings is 1. The number of aromatic nitrogens is 2. The summed E-state index contributed by atoms with van der Waals surface area (Å²) in [5, 5.41) is 4.07. The molecular weight excluding hydrogens is 294 g/mol. The number of carbonyl (C=O) groups excluding carboxylic acids is 1. The monoisotopic (exact) mass is 315 g/mol. The second-order valence-corrected chi connectivity index (χ2v) is 5.83. The lowest BCUT2D eigenvalue weighted by molar-refractivity contribution is -0.147. The third kappa shape index (κ3) is 3.42. The van der Waals surface area contributed by atoms with Gasteiger partial charge in [0.25, 0.3) is 0 Å². The quantitative estimate of drug-likeness (QED) is 0.808. The van der Waals surface area contributed by atoms with E-state index >= 15 is 0 Å². The molecule has 0 bridgehead atoms. The molecule has 1 saturated heterocycles. The standard InChI is InChI=1S/C17H21N3O3/c1-12(20-10-8-14(9-11-20)17(21)22-2)16-18-15(19-23-16)13-6-4-3-5-7-13/h3-7,12,14H,8-11H2,1-2H3. The van der Waals surface area contributed by atoms with Crippen molar-refractivity contribution in [2.24, 2.45) is 5.92 Å². The van der Waals surface area contributed by atoms with Crippen molar-refractivity contribution in [2.75, 3.05) is 20.2 Å². The van der Waals surface area contributed by atoms with Crippen LogP contribution in [0.15, 0.2) is 34.9 Å². The van der Waals surface area contributed by atoms with Gasteiger partial charge >= 0.3 is 5.97 Å². The van der Waals surface area contributed by atoms with Crippen molar-refractivity contribution in [1.82, 2.24) is 15.0 Å². The summed E-state index contributed by atoms with van der Waals surface area (Å²) in [6.45, 7) is 3.70. The van der Waals surface area contributed by atoms with Crippen LogP contribution in [0.3, 0.4) is 0 Å². The van der Waals surface area contributed by atoms with Crippen LogP contribution < -0.4 is 0 Å². The number of hydrogen-bond acceptors (Lipinski definition) is 6. The van der Waals surface area contributed by atoms with Gasteiger partial charge in [0.1, 0.15) is 0 Å². The number of hydrogen-bond donors (Lipinski definition) is 0. The molecule has 1 aromatic heterocycles. The summed E-state index contributed by atoms with van der Waals surface area (Å²) >= 11 is 0. The van der Waals surface area contributed by atoms with Gasteiger partial charge in [-0.05, 0) is 32.9 Å². The number of likely N-dealkylation sites (tertiary alicyclic amines) is 1. The zero-order valence-corrected chi connectivity index (χ0v) is 13.4. The Hall–Kier alpha value is -2.21. The summed E-state index contributed by atoms with van der Waals surface area (Å²) in [5.74, 6) is 1.12. The Bertz CT molecular complexity index is 648. The molecule has 3 rings (SSSR count). The Morgan fingerprint density at radius 1 is 1.30 bits per heavy atom. The van der Waals surface area contributed by atoms with E-state index in [1.165, 1.54) is 7.11 Å². The van der Waals surface area contributed by atoms with Gasteiger partial charge in [0.15, 0.2) is 0 Å². The van der Waals surface area contributed by atoms with Crippen LogP contribution in [0.5, 0.6) is 0 Å². The molecule has 0 amide bonds. The van der Waals surface area contributed by atoms with Crippen molar-refractivity contribution < 1.29 is 14.1 Å². The highest BCUT2D eigenvalue weighted by Crippen LogP contribution is 2.27. The van der Waals surface area contributed by atoms with Gasteiger partial charge in [0.2, 0.25) is 11.7 Å². The van der Waals surface area contributed by atoms with Gasteiger partial charge in [-0.1, -0.05) is 35.5 Å². The van der Waals surface area contributed by atoms with Crippen LogP contribution in [0.4, 0.5) is 0 Å². The zero-order valence-electron chi connectivity index (χ0n) is 13.4. The molecule has 2 heterocycles. The fourth-order valence-electron chi connectivity index (χ4n) is 2.95. The Kier molecular flexibility index (Phi) is 4.71. The Morgan fingerprint density at radius 2 is 2.00 bits per heavy atom. The fraction of sp³-hybridized carbons (Fsp3) is 0.471. The maximum atomic E-state index is 11.6. The number of methoxy groups -OCH3 is 1. The van der Waals surface area contributed by atoms with Gasteiger partial charge in [-0.15, -0.1) is 0 Å². The average molecular weight is 315 g/mol. The van der Waals surface area contributed by atoms with Crippen LogP contribution in [0.25, 0.3) is 11.4 Å². The summed E-state index contributed by atoms with van der Waals surface area (Å²) in [6, 6.07) is 9.82. The van der Waals surface area contributed by atoms with E-state index in [0.717, 1.165) is 31.5 Å². The molecule has 0 saturated carbocycles. The second kappa shape index (κ2) is 6.91. The van der Waals surface area contributed by atoms with Crippen molar-refractivity contribution in [1.29, 1.82) is 0 Å². The lowest BCUT2D eigenvalue weighted by atomic mass is 9.96. The van der Waals surface area contributed by atoms with E-state index < -0.39 is 0 Å². The molecule has 1 unspecified atom stereocenters. The normalized spacial score (nSPS) is 17.8. The van der Waals surface area contributed by atoms with E-state index in [-0.39, 0.29) is 17.9 Å². The molecule has 0 aliphatic carbocycles. The van der Waals surface area contributed by atoms with Crippen LogP contribution in [0.1, 0.15) is 31.7 Å². The summed E-state index contributed by atoms with van der Waals surface area (Å²) in [7, 11) is 1.45. The maximum absolute atomic E-state index is 11.6. The number of carbonyl (C=O) groups is 1. The summed E-state index contributed by atoms with van der Waals surface area (Å²) in [4.78, 5) is 18.4. The van der Waals surface area contributed by atoms with Gasteiger partial charge in [-0.25, -0.2) is 0 Å². The van der Waals surface area contributed by atoms with E-state index in [1.54, 1.807) is 0 Å². The van der Waals surface area contributed by atoms with Crippen molar-refractivity contribution >= 4 is 5.97 Å². The first kappa shape index (κ1) is 15.7.